The molecule has 1 unspecified atom stereocenters. The van der Waals surface area contributed by atoms with E-state index in [0.29, 0.717) is 70.4 Å². The second kappa shape index (κ2) is 12.6. The molecule has 5 atom stereocenters. The van der Waals surface area contributed by atoms with Gasteiger partial charge in [-0.3, -0.25) is 14.2 Å². The Morgan fingerprint density at radius 2 is 1.84 bits per heavy atom. The Hall–Kier alpha value is -4.63. The summed E-state index contributed by atoms with van der Waals surface area (Å²) in [6, 6.07) is 21.7. The lowest BCUT2D eigenvalue weighted by molar-refractivity contribution is -0.124. The van der Waals surface area contributed by atoms with Crippen LogP contribution in [-0.4, -0.2) is 56.5 Å². The van der Waals surface area contributed by atoms with Crippen molar-refractivity contribution < 1.29 is 4.79 Å². The quantitative estimate of drug-likeness (QED) is 0.130. The Morgan fingerprint density at radius 1 is 1.04 bits per heavy atom. The molecule has 3 N–H and O–H groups in total. The third-order valence-electron chi connectivity index (χ3n) is 11.7. The van der Waals surface area contributed by atoms with Gasteiger partial charge >= 0.3 is 0 Å². The molecule has 9 rings (SSSR count). The number of nitrogens with zero attached hydrogens (tertiary/aromatic N) is 4. The Labute approximate surface area is 297 Å². The van der Waals surface area contributed by atoms with Crippen LogP contribution in [0.3, 0.4) is 0 Å². The first-order chi connectivity index (χ1) is 24.0. The molecule has 0 radical (unpaired) electrons. The molecule has 3 saturated carbocycles. The van der Waals surface area contributed by atoms with Crippen LogP contribution in [0, 0.1) is 23.2 Å². The maximum Gasteiger partial charge on any atom is 0.261 e. The number of aromatic amines is 1. The highest BCUT2D eigenvalue weighted by Gasteiger charge is 2.56. The first kappa shape index (κ1) is 32.6. The van der Waals surface area contributed by atoms with Gasteiger partial charge in [-0.1, -0.05) is 62.7 Å². The number of fused-ring (bicyclic) bond motifs is 4. The molecule has 1 saturated heterocycles. The highest BCUT2D eigenvalue weighted by Crippen LogP contribution is 2.61. The van der Waals surface area contributed by atoms with Crippen molar-refractivity contribution in [3.63, 3.8) is 0 Å². The van der Waals surface area contributed by atoms with Crippen LogP contribution in [-0.2, 0) is 17.8 Å². The minimum atomic E-state index is -0.0934. The van der Waals surface area contributed by atoms with E-state index in [1.807, 2.05) is 73.8 Å². The van der Waals surface area contributed by atoms with Gasteiger partial charge in [0.2, 0.25) is 5.91 Å². The number of halogens is 1. The average molecular weight is 690 g/mol. The molecular formula is C40H44ClN7O2. The number of carbonyl (C=O) groups excluding carboxylic acids is 1. The molecular weight excluding hydrogens is 646 g/mol. The number of hydrogen-bond donors (Lipinski definition) is 3. The number of H-pyrrole nitrogens is 1. The van der Waals surface area contributed by atoms with Crippen molar-refractivity contribution in [2.75, 3.05) is 18.4 Å². The summed E-state index contributed by atoms with van der Waals surface area (Å²) < 4.78 is 1.79. The normalized spacial score (nSPS) is 24.7. The Morgan fingerprint density at radius 3 is 2.60 bits per heavy atom. The molecule has 1 aliphatic heterocycles. The van der Waals surface area contributed by atoms with Crippen LogP contribution in [0.1, 0.15) is 46.1 Å². The number of piperazine rings is 1. The van der Waals surface area contributed by atoms with Crippen LogP contribution in [0.25, 0.3) is 33.2 Å². The van der Waals surface area contributed by atoms with E-state index in [0.717, 1.165) is 34.1 Å². The molecule has 5 aromatic rings. The second-order valence-electron chi connectivity index (χ2n) is 15.2. The molecule has 258 valence electrons. The predicted molar refractivity (Wildman–Crippen MR) is 202 cm³/mol. The summed E-state index contributed by atoms with van der Waals surface area (Å²) >= 11 is 6.14. The van der Waals surface area contributed by atoms with Gasteiger partial charge in [-0.15, -0.1) is 0 Å². The molecule has 4 aliphatic rings. The van der Waals surface area contributed by atoms with E-state index in [1.54, 1.807) is 4.57 Å². The molecule has 0 spiro atoms. The third-order valence-corrected chi connectivity index (χ3v) is 12.0. The molecule has 1 amide bonds. The van der Waals surface area contributed by atoms with E-state index in [4.69, 9.17) is 21.6 Å². The maximum atomic E-state index is 14.3. The molecule has 10 heteroatoms. The predicted octanol–water partition coefficient (Wildman–Crippen LogP) is 7.10. The van der Waals surface area contributed by atoms with Gasteiger partial charge in [-0.25, -0.2) is 9.98 Å². The number of guanidine groups is 1. The summed E-state index contributed by atoms with van der Waals surface area (Å²) in [5, 5.41) is 8.87. The number of anilines is 1. The Balaban J connectivity index is 1.18. The minimum absolute atomic E-state index is 0.00251. The molecule has 4 fully saturated rings. The van der Waals surface area contributed by atoms with Crippen molar-refractivity contribution in [3.8, 4) is 11.4 Å². The van der Waals surface area contributed by atoms with Crippen molar-refractivity contribution in [2.24, 2.45) is 28.2 Å². The topological polar surface area (TPSA) is 107 Å². The lowest BCUT2D eigenvalue weighted by Gasteiger charge is -2.61. The summed E-state index contributed by atoms with van der Waals surface area (Å²) in [6.45, 7) is 10.5. The first-order valence-corrected chi connectivity index (χ1v) is 18.2. The van der Waals surface area contributed by atoms with Crippen LogP contribution in [0.2, 0.25) is 5.02 Å². The lowest BCUT2D eigenvalue weighted by Crippen LogP contribution is -2.58. The zero-order valence-electron chi connectivity index (χ0n) is 29.0. The SMILES string of the molecule is C[C@@H]1C(N=C(Nc2ccc3c(=O)n(CCc4ccc(Cl)cc4)c(-c4c[nH]c5ccccc45)nc3c2)N2CC(=O)N[C@@H](C)C2)C[C@@H]2C[C@H]1C2(C)C. The molecule has 3 heterocycles. The summed E-state index contributed by atoms with van der Waals surface area (Å²) in [7, 11) is 0. The molecule has 9 nitrogen and oxygen atoms in total. The zero-order valence-corrected chi connectivity index (χ0v) is 29.8. The van der Waals surface area contributed by atoms with Crippen molar-refractivity contribution >= 4 is 51.0 Å². The lowest BCUT2D eigenvalue weighted by atomic mass is 9.45. The Kier molecular flexibility index (Phi) is 8.21. The van der Waals surface area contributed by atoms with E-state index < -0.39 is 0 Å². The summed E-state index contributed by atoms with van der Waals surface area (Å²) in [5.41, 5.74) is 4.58. The number of para-hydroxylation sites is 1. The molecule has 2 aromatic heterocycles. The fourth-order valence-electron chi connectivity index (χ4n) is 8.73. The van der Waals surface area contributed by atoms with Gasteiger partial charge < -0.3 is 20.5 Å². The van der Waals surface area contributed by atoms with Crippen LogP contribution in [0.15, 0.2) is 82.7 Å². The van der Waals surface area contributed by atoms with Crippen LogP contribution in [0.5, 0.6) is 0 Å². The number of benzene rings is 3. The molecule has 50 heavy (non-hydrogen) atoms. The van der Waals surface area contributed by atoms with Gasteiger partial charge in [0.25, 0.3) is 5.56 Å². The van der Waals surface area contributed by atoms with Gasteiger partial charge in [0.1, 0.15) is 5.82 Å². The zero-order chi connectivity index (χ0) is 34.7. The number of nitrogens with one attached hydrogen (secondary N) is 3. The van der Waals surface area contributed by atoms with E-state index in [-0.39, 0.29) is 30.1 Å². The van der Waals surface area contributed by atoms with E-state index in [1.165, 1.54) is 6.42 Å². The smallest absolute Gasteiger partial charge is 0.261 e. The van der Waals surface area contributed by atoms with Crippen molar-refractivity contribution in [1.82, 2.24) is 24.8 Å². The number of aryl methyl sites for hydroxylation is 1. The summed E-state index contributed by atoms with van der Waals surface area (Å²) in [4.78, 5) is 43.0. The number of aliphatic imine (C=N–C) groups is 1. The number of amides is 1. The second-order valence-corrected chi connectivity index (χ2v) is 15.6. The highest BCUT2D eigenvalue weighted by atomic mass is 35.5. The van der Waals surface area contributed by atoms with Crippen molar-refractivity contribution in [1.29, 1.82) is 0 Å². The molecule has 3 aromatic carbocycles. The van der Waals surface area contributed by atoms with Gasteiger partial charge in [0.15, 0.2) is 5.96 Å². The van der Waals surface area contributed by atoms with Gasteiger partial charge in [0.05, 0.1) is 23.5 Å². The fourth-order valence-corrected chi connectivity index (χ4v) is 8.85. The van der Waals surface area contributed by atoms with Gasteiger partial charge in [-0.05, 0) is 91.3 Å². The van der Waals surface area contributed by atoms with Crippen LogP contribution < -0.4 is 16.2 Å². The monoisotopic (exact) mass is 689 g/mol. The largest absolute Gasteiger partial charge is 0.360 e. The van der Waals surface area contributed by atoms with E-state index in [2.05, 4.69) is 47.4 Å². The fraction of sp³-hybridized carbons (Fsp3) is 0.400. The van der Waals surface area contributed by atoms with Crippen LogP contribution in [0.4, 0.5) is 5.69 Å². The number of rotatable bonds is 6. The highest BCUT2D eigenvalue weighted by molar-refractivity contribution is 6.30. The summed E-state index contributed by atoms with van der Waals surface area (Å²) in [6.07, 6.45) is 4.91. The van der Waals surface area contributed by atoms with E-state index in [9.17, 15) is 9.59 Å². The molecule has 2 bridgehead atoms. The van der Waals surface area contributed by atoms with Crippen molar-refractivity contribution in [3.05, 3.63) is 93.9 Å². The standard InChI is InChI=1S/C40H44ClN7O2/c1-23-21-47(22-36(49)43-23)39(46-34-18-26-17-32(24(34)2)40(26,3)4)44-28-13-14-30-35(19-28)45-37(31-20-42-33-8-6-5-7-29(31)33)48(38(30)50)16-15-25-9-11-27(41)12-10-25/h5-14,19-20,23-24,26,32,34,42H,15-18,21-22H2,1-4H3,(H,43,49)(H,44,46)/t23-,24-,26-,32+,34?/m0/s1. The first-order valence-electron chi connectivity index (χ1n) is 17.8. The number of carbonyl (C=O) groups is 1. The minimum Gasteiger partial charge on any atom is -0.360 e. The third kappa shape index (κ3) is 5.85. The summed E-state index contributed by atoms with van der Waals surface area (Å²) in [5.74, 6) is 3.06. The van der Waals surface area contributed by atoms with Gasteiger partial charge in [-0.2, -0.15) is 0 Å². The number of aromatic nitrogens is 3. The number of hydrogen-bond acceptors (Lipinski definition) is 4. The van der Waals surface area contributed by atoms with Crippen LogP contribution >= 0.6 is 11.6 Å². The Bertz CT molecular complexity index is 2190. The van der Waals surface area contributed by atoms with E-state index >= 15 is 0 Å². The maximum absolute atomic E-state index is 14.3. The average Bonchev–Trinajstić information content (AvgIpc) is 3.52. The molecule has 3 aliphatic carbocycles. The van der Waals surface area contributed by atoms with Crippen molar-refractivity contribution in [2.45, 2.75) is 65.6 Å². The van der Waals surface area contributed by atoms with Gasteiger partial charge in [0, 0.05) is 52.5 Å².